The van der Waals surface area contributed by atoms with Gasteiger partial charge in [-0.2, -0.15) is 5.26 Å². The van der Waals surface area contributed by atoms with Gasteiger partial charge in [-0.1, -0.05) is 91.8 Å². The van der Waals surface area contributed by atoms with Gasteiger partial charge < -0.3 is 26.1 Å². The molecule has 0 aromatic heterocycles. The standard InChI is InChI=1S/C33H47N3O3.C6H4F2.C5H9N.C3H3NO.2C2H6/c1-6-26(12-10-23(2)3)32(38)34-20-8-7-9-21-35-33(39)28-16-14-27(15-17-28)29-18-19-31-30(22-29)13-11-24(4)36(31)25(5)37;7-5-2-1-3-6(8)4-5;1-3-4-5(2)6;4-2-1-3-5;2*1-2/h14-19,22-24,26H,6-13,20-21H2,1-5H3,(H,34,38)(H,35,39);1-4H;3-4H,1,6H2,2H3;3H,1H2;2*1-2H3/b;;5-4+;;;/t24-,26?;;;;;/m0...../s1. The molecule has 0 bridgehead atoms. The van der Waals surface area contributed by atoms with Gasteiger partial charge >= 0.3 is 0 Å². The third-order valence-electron chi connectivity index (χ3n) is 9.17. The number of allylic oxidation sites excluding steroid dienone is 3. The third-order valence-corrected chi connectivity index (χ3v) is 9.17. The van der Waals surface area contributed by atoms with Crippen LogP contribution in [0.5, 0.6) is 0 Å². The molecule has 0 saturated carbocycles. The lowest BCUT2D eigenvalue weighted by Crippen LogP contribution is -2.40. The maximum Gasteiger partial charge on any atom is 0.251 e. The summed E-state index contributed by atoms with van der Waals surface area (Å²) in [6.07, 6.45) is 11.6. The van der Waals surface area contributed by atoms with Crippen LogP contribution >= 0.6 is 0 Å². The first kappa shape index (κ1) is 58.5. The molecule has 1 unspecified atom stereocenters. The summed E-state index contributed by atoms with van der Waals surface area (Å²) in [6.45, 7) is 24.8. The van der Waals surface area contributed by atoms with Crippen LogP contribution in [0.1, 0.15) is 137 Å². The summed E-state index contributed by atoms with van der Waals surface area (Å²) < 4.78 is 23.9. The Labute approximate surface area is 372 Å². The number of nitriles is 1. The van der Waals surface area contributed by atoms with E-state index in [0.717, 1.165) is 79.9 Å². The summed E-state index contributed by atoms with van der Waals surface area (Å²) in [6, 6.07) is 20.4. The first-order valence-electron chi connectivity index (χ1n) is 22.0. The molecule has 3 aromatic carbocycles. The van der Waals surface area contributed by atoms with Crippen LogP contribution in [-0.4, -0.2) is 43.1 Å². The van der Waals surface area contributed by atoms with Crippen LogP contribution in [0.4, 0.5) is 14.5 Å². The fourth-order valence-electron chi connectivity index (χ4n) is 6.05. The number of rotatable bonds is 15. The normalized spacial score (nSPS) is 12.7. The Morgan fingerprint density at radius 1 is 0.903 bits per heavy atom. The van der Waals surface area contributed by atoms with Crippen LogP contribution in [0.15, 0.2) is 91.2 Å². The highest BCUT2D eigenvalue weighted by molar-refractivity contribution is 5.95. The number of unbranched alkanes of at least 4 members (excludes halogenated alkanes) is 2. The molecule has 0 radical (unpaired) electrons. The Morgan fingerprint density at radius 3 is 1.92 bits per heavy atom. The molecule has 0 spiro atoms. The zero-order valence-electron chi connectivity index (χ0n) is 39.2. The predicted octanol–water partition coefficient (Wildman–Crippen LogP) is 11.7. The number of benzene rings is 3. The summed E-state index contributed by atoms with van der Waals surface area (Å²) in [4.78, 5) is 48.2. The Morgan fingerprint density at radius 2 is 1.48 bits per heavy atom. The molecule has 62 heavy (non-hydrogen) atoms. The second kappa shape index (κ2) is 36.1. The van der Waals surface area contributed by atoms with E-state index in [1.165, 1.54) is 23.8 Å². The fourth-order valence-corrected chi connectivity index (χ4v) is 6.05. The average molecular weight is 860 g/mol. The van der Waals surface area contributed by atoms with Gasteiger partial charge in [0.25, 0.3) is 5.91 Å². The summed E-state index contributed by atoms with van der Waals surface area (Å²) in [7, 11) is 0. The number of anilines is 1. The van der Waals surface area contributed by atoms with Gasteiger partial charge in [0.1, 0.15) is 17.9 Å². The largest absolute Gasteiger partial charge is 0.402 e. The molecule has 0 fully saturated rings. The van der Waals surface area contributed by atoms with Crippen LogP contribution in [0.2, 0.25) is 0 Å². The first-order chi connectivity index (χ1) is 29.7. The number of nitrogens with zero attached hydrogens (tertiary/aromatic N) is 2. The van der Waals surface area contributed by atoms with Gasteiger partial charge in [0.2, 0.25) is 11.8 Å². The number of fused-ring (bicyclic) bond motifs is 1. The zero-order chi connectivity index (χ0) is 47.5. The lowest BCUT2D eigenvalue weighted by Gasteiger charge is -2.34. The fraction of sp³-hybridized carbons (Fsp3) is 0.471. The molecule has 9 nitrogen and oxygen atoms in total. The van der Waals surface area contributed by atoms with Crippen molar-refractivity contribution in [2.75, 3.05) is 18.0 Å². The van der Waals surface area contributed by atoms with E-state index in [2.05, 4.69) is 57.0 Å². The van der Waals surface area contributed by atoms with Crippen molar-refractivity contribution in [1.29, 1.82) is 5.26 Å². The molecule has 0 aliphatic carbocycles. The molecular formula is C51H75F2N5O4. The van der Waals surface area contributed by atoms with E-state index in [-0.39, 0.29) is 36.1 Å². The van der Waals surface area contributed by atoms with Gasteiger partial charge in [-0.15, -0.1) is 0 Å². The quantitative estimate of drug-likeness (QED) is 0.0788. The Balaban J connectivity index is 0. The molecular weight excluding hydrogens is 785 g/mol. The summed E-state index contributed by atoms with van der Waals surface area (Å²) in [5.74, 6) is -0.142. The number of hydrogen-bond donors (Lipinski definition) is 3. The smallest absolute Gasteiger partial charge is 0.251 e. The number of amides is 3. The highest BCUT2D eigenvalue weighted by Gasteiger charge is 2.26. The summed E-state index contributed by atoms with van der Waals surface area (Å²) in [5.41, 5.74) is 11.0. The van der Waals surface area contributed by atoms with Crippen molar-refractivity contribution in [1.82, 2.24) is 10.6 Å². The molecule has 1 aliphatic heterocycles. The molecule has 3 amide bonds. The van der Waals surface area contributed by atoms with Gasteiger partial charge in [-0.3, -0.25) is 14.4 Å². The van der Waals surface area contributed by atoms with E-state index in [0.29, 0.717) is 30.9 Å². The first-order valence-corrected chi connectivity index (χ1v) is 22.0. The Hall–Kier alpha value is -5.63. The molecule has 4 N–H and O–H groups in total. The van der Waals surface area contributed by atoms with Gasteiger partial charge in [0.15, 0.2) is 0 Å². The van der Waals surface area contributed by atoms with E-state index in [4.69, 9.17) is 11.0 Å². The number of carbonyl (C=O) groups excluding carboxylic acids is 4. The highest BCUT2D eigenvalue weighted by atomic mass is 19.1. The van der Waals surface area contributed by atoms with E-state index >= 15 is 0 Å². The second-order valence-electron chi connectivity index (χ2n) is 14.5. The maximum absolute atomic E-state index is 12.6. The number of nitrogens with two attached hydrogens (primary N) is 1. The monoisotopic (exact) mass is 860 g/mol. The lowest BCUT2D eigenvalue weighted by atomic mass is 9.93. The number of nitrogens with one attached hydrogen (secondary N) is 2. The van der Waals surface area contributed by atoms with Crippen molar-refractivity contribution in [2.45, 2.75) is 133 Å². The maximum atomic E-state index is 12.6. The van der Waals surface area contributed by atoms with Crippen molar-refractivity contribution < 1.29 is 28.0 Å². The van der Waals surface area contributed by atoms with Gasteiger partial charge in [0, 0.05) is 55.0 Å². The average Bonchev–Trinajstić information content (AvgIpc) is 3.25. The third kappa shape index (κ3) is 25.2. The number of hydrogen-bond acceptors (Lipinski definition) is 6. The zero-order valence-corrected chi connectivity index (χ0v) is 39.2. The molecule has 3 aromatic rings. The molecule has 0 saturated heterocycles. The number of aldehydes is 1. The van der Waals surface area contributed by atoms with Gasteiger partial charge in [0.05, 0.1) is 12.5 Å². The molecule has 2 atom stereocenters. The minimum atomic E-state index is -0.537. The van der Waals surface area contributed by atoms with Crippen molar-refractivity contribution in [2.24, 2.45) is 17.6 Å². The summed E-state index contributed by atoms with van der Waals surface area (Å²) in [5, 5.41) is 13.7. The number of carbonyl (C=O) groups is 4. The Kier molecular flexibility index (Phi) is 34.0. The van der Waals surface area contributed by atoms with Gasteiger partial charge in [-0.25, -0.2) is 8.78 Å². The van der Waals surface area contributed by atoms with Crippen molar-refractivity contribution in [3.8, 4) is 17.2 Å². The van der Waals surface area contributed by atoms with Crippen molar-refractivity contribution in [3.05, 3.63) is 114 Å². The van der Waals surface area contributed by atoms with E-state index in [9.17, 15) is 28.0 Å². The molecule has 342 valence electrons. The second-order valence-corrected chi connectivity index (χ2v) is 14.5. The molecule has 11 heteroatoms. The number of halogens is 2. The van der Waals surface area contributed by atoms with Crippen LogP contribution in [0.25, 0.3) is 11.1 Å². The molecule has 1 aliphatic rings. The minimum Gasteiger partial charge on any atom is -0.402 e. The lowest BCUT2D eigenvalue weighted by molar-refractivity contribution is -0.125. The Bertz CT molecular complexity index is 1780. The van der Waals surface area contributed by atoms with E-state index in [1.54, 1.807) is 25.1 Å². The minimum absolute atomic E-state index is 0.0139. The van der Waals surface area contributed by atoms with Crippen LogP contribution < -0.4 is 21.3 Å². The van der Waals surface area contributed by atoms with Crippen molar-refractivity contribution >= 4 is 29.7 Å². The van der Waals surface area contributed by atoms with Crippen LogP contribution in [0, 0.1) is 34.8 Å². The number of aryl methyl sites for hydroxylation is 1. The molecule has 1 heterocycles. The van der Waals surface area contributed by atoms with Crippen molar-refractivity contribution in [3.63, 3.8) is 0 Å². The van der Waals surface area contributed by atoms with Crippen LogP contribution in [-0.2, 0) is 20.8 Å². The highest BCUT2D eigenvalue weighted by Crippen LogP contribution is 2.34. The van der Waals surface area contributed by atoms with E-state index < -0.39 is 11.6 Å². The summed E-state index contributed by atoms with van der Waals surface area (Å²) >= 11 is 0. The van der Waals surface area contributed by atoms with Crippen LogP contribution in [0.3, 0.4) is 0 Å². The van der Waals surface area contributed by atoms with Gasteiger partial charge in [-0.05, 0) is 124 Å². The molecule has 4 rings (SSSR count). The topological polar surface area (TPSA) is 145 Å². The SMILES string of the molecule is C=C/C=C(\C)N.CC.CC.CCC(CCC(C)C)C(=O)NCCCCCNC(=O)c1ccc(-c2ccc3c(c2)CC[C@H](C)N3C(C)=O)cc1.Fc1cccc(F)c1.N#CCC=O. The predicted molar refractivity (Wildman–Crippen MR) is 253 cm³/mol. The van der Waals surface area contributed by atoms with E-state index in [1.807, 2.05) is 69.9 Å².